The van der Waals surface area contributed by atoms with E-state index < -0.39 is 5.97 Å². The number of ether oxygens (including phenoxy) is 1. The fourth-order valence-electron chi connectivity index (χ4n) is 10.3. The molecule has 0 atom stereocenters. The van der Waals surface area contributed by atoms with Crippen LogP contribution in [0, 0.1) is 0 Å². The van der Waals surface area contributed by atoms with Gasteiger partial charge in [0.15, 0.2) is 0 Å². The van der Waals surface area contributed by atoms with E-state index in [1.807, 2.05) is 12.1 Å². The zero-order chi connectivity index (χ0) is 45.6. The summed E-state index contributed by atoms with van der Waals surface area (Å²) >= 11 is 0. The fraction of sp³-hybridized carbons (Fsp3) is 0.0484. The van der Waals surface area contributed by atoms with Gasteiger partial charge in [0.05, 0.1) is 22.1 Å². The molecule has 6 nitrogen and oxygen atoms in total. The molecule has 0 fully saturated rings. The van der Waals surface area contributed by atoms with Gasteiger partial charge in [-0.25, -0.2) is 4.79 Å². The maximum absolute atomic E-state index is 12.3. The molecule has 0 saturated heterocycles. The topological polar surface area (TPSA) is 62.4 Å². The predicted octanol–water partition coefficient (Wildman–Crippen LogP) is 16.2. The third kappa shape index (κ3) is 6.37. The van der Waals surface area contributed by atoms with Crippen molar-refractivity contribution in [2.24, 2.45) is 0 Å². The lowest BCUT2D eigenvalue weighted by Gasteiger charge is -2.10. The predicted molar refractivity (Wildman–Crippen MR) is 279 cm³/mol. The van der Waals surface area contributed by atoms with E-state index in [-0.39, 0.29) is 6.61 Å². The molecule has 9 aromatic carbocycles. The first-order valence-corrected chi connectivity index (χ1v) is 22.9. The highest BCUT2D eigenvalue weighted by atomic mass is 16.5. The number of aromatic nitrogens is 2. The molecule has 0 unspecified atom stereocenters. The molecule has 4 aromatic heterocycles. The van der Waals surface area contributed by atoms with Crippen LogP contribution >= 0.6 is 0 Å². The number of esters is 1. The highest BCUT2D eigenvalue weighted by Gasteiger charge is 2.19. The van der Waals surface area contributed by atoms with E-state index in [1.165, 1.54) is 27.4 Å². The molecular weight excluding hydrogens is 837 g/mol. The number of carbonyl (C=O) groups excluding carboxylic acids is 1. The average molecular weight is 879 g/mol. The summed E-state index contributed by atoms with van der Waals surface area (Å²) in [5.74, 6) is -0.401. The summed E-state index contributed by atoms with van der Waals surface area (Å²) in [5.41, 5.74) is 16.9. The number of benzene rings is 9. The van der Waals surface area contributed by atoms with Crippen LogP contribution in [-0.2, 0) is 22.6 Å². The molecule has 0 bridgehead atoms. The molecule has 0 aliphatic carbocycles. The quantitative estimate of drug-likeness (QED) is 0.107. The van der Waals surface area contributed by atoms with Crippen LogP contribution in [0.15, 0.2) is 210 Å². The molecule has 0 aliphatic heterocycles. The summed E-state index contributed by atoms with van der Waals surface area (Å²) in [6.07, 6.45) is 2.73. The molecule has 13 rings (SSSR count). The Morgan fingerprint density at radius 3 is 1.53 bits per heavy atom. The molecule has 68 heavy (non-hydrogen) atoms. The van der Waals surface area contributed by atoms with Crippen molar-refractivity contribution >= 4 is 99.5 Å². The van der Waals surface area contributed by atoms with Gasteiger partial charge in [-0.1, -0.05) is 116 Å². The van der Waals surface area contributed by atoms with Gasteiger partial charge in [-0.3, -0.25) is 0 Å². The first kappa shape index (κ1) is 39.5. The van der Waals surface area contributed by atoms with Crippen molar-refractivity contribution in [3.8, 4) is 22.5 Å². The first-order chi connectivity index (χ1) is 33.3. The molecule has 0 amide bonds. The summed E-state index contributed by atoms with van der Waals surface area (Å²) in [4.78, 5) is 12.3. The number of furan rings is 2. The summed E-state index contributed by atoms with van der Waals surface area (Å²) in [7, 11) is 0. The van der Waals surface area contributed by atoms with Crippen molar-refractivity contribution in [3.05, 3.63) is 223 Å². The van der Waals surface area contributed by atoms with Crippen LogP contribution in [0.2, 0.25) is 0 Å². The standard InChI is InChI=1S/C62H42N2O4/c1-4-38-10-9-11-39(28-38)29-40-16-22-48-46-12-5-7-14-54(46)63(56(48)30-40)44-20-26-60-52(34-44)50-32-42(18-24-58(50)67-60)43-19-25-59-51(33-43)53-35-45(21-27-61(53)68-59)64-55-15-8-6-13-47(55)49-23-17-41(31-57(49)64)36-66-62(65)37(2)3/h4-28,30-35H,1-2,29,36H2,3H3. The van der Waals surface area contributed by atoms with E-state index in [9.17, 15) is 4.79 Å². The van der Waals surface area contributed by atoms with E-state index in [0.29, 0.717) is 5.57 Å². The third-order valence-electron chi connectivity index (χ3n) is 13.5. The molecular formula is C62H42N2O4. The van der Waals surface area contributed by atoms with Gasteiger partial charge in [0.25, 0.3) is 0 Å². The summed E-state index contributed by atoms with van der Waals surface area (Å²) in [5, 5.41) is 8.89. The Bertz CT molecular complexity index is 4270. The Kier molecular flexibility index (Phi) is 8.92. The van der Waals surface area contributed by atoms with Crippen LogP contribution in [0.3, 0.4) is 0 Å². The number of rotatable bonds is 9. The Morgan fingerprint density at radius 1 is 0.485 bits per heavy atom. The molecule has 0 saturated carbocycles. The Labute approximate surface area is 390 Å². The zero-order valence-corrected chi connectivity index (χ0v) is 37.3. The van der Waals surface area contributed by atoms with Crippen LogP contribution in [0.4, 0.5) is 0 Å². The third-order valence-corrected chi connectivity index (χ3v) is 13.5. The molecule has 0 aliphatic rings. The number of fused-ring (bicyclic) bond motifs is 12. The molecule has 324 valence electrons. The molecule has 0 spiro atoms. The zero-order valence-electron chi connectivity index (χ0n) is 37.3. The van der Waals surface area contributed by atoms with Crippen LogP contribution in [-0.4, -0.2) is 15.1 Å². The average Bonchev–Trinajstić information content (AvgIpc) is 4.12. The van der Waals surface area contributed by atoms with Crippen molar-refractivity contribution in [2.45, 2.75) is 20.0 Å². The smallest absolute Gasteiger partial charge is 0.333 e. The molecule has 4 heterocycles. The summed E-state index contributed by atoms with van der Waals surface area (Å²) in [6, 6.07) is 64.7. The van der Waals surface area contributed by atoms with Crippen molar-refractivity contribution in [3.63, 3.8) is 0 Å². The van der Waals surface area contributed by atoms with Gasteiger partial charge in [-0.15, -0.1) is 0 Å². The van der Waals surface area contributed by atoms with E-state index in [4.69, 9.17) is 13.6 Å². The van der Waals surface area contributed by atoms with Gasteiger partial charge < -0.3 is 22.7 Å². The van der Waals surface area contributed by atoms with Crippen molar-refractivity contribution in [1.82, 2.24) is 9.13 Å². The normalized spacial score (nSPS) is 11.9. The van der Waals surface area contributed by atoms with Gasteiger partial charge in [0, 0.05) is 60.0 Å². The first-order valence-electron chi connectivity index (χ1n) is 22.9. The van der Waals surface area contributed by atoms with E-state index in [0.717, 1.165) is 111 Å². The minimum absolute atomic E-state index is 0.161. The number of carbonyl (C=O) groups is 1. The highest BCUT2D eigenvalue weighted by molar-refractivity contribution is 6.13. The monoisotopic (exact) mass is 878 g/mol. The lowest BCUT2D eigenvalue weighted by molar-refractivity contribution is -0.140. The van der Waals surface area contributed by atoms with Gasteiger partial charge in [-0.05, 0) is 132 Å². The molecule has 0 N–H and O–H groups in total. The van der Waals surface area contributed by atoms with Gasteiger partial charge in [0.2, 0.25) is 0 Å². The Balaban J connectivity index is 0.902. The molecule has 0 radical (unpaired) electrons. The Hall–Kier alpha value is -8.87. The SMILES string of the molecule is C=Cc1cccc(Cc2ccc3c4ccccc4n(-c4ccc5oc6ccc(-c7ccc8oc9ccc(-n%10c%11ccccc%11c%11ccc(COC(=O)C(=C)C)cc%11%10)cc9c8c7)cc6c5c4)c3c2)c1. The van der Waals surface area contributed by atoms with Crippen LogP contribution < -0.4 is 0 Å². The lowest BCUT2D eigenvalue weighted by atomic mass is 10.0. The van der Waals surface area contributed by atoms with Crippen LogP contribution in [0.1, 0.15) is 29.2 Å². The summed E-state index contributed by atoms with van der Waals surface area (Å²) in [6.45, 7) is 9.53. The minimum Gasteiger partial charge on any atom is -0.457 e. The van der Waals surface area contributed by atoms with E-state index >= 15 is 0 Å². The highest BCUT2D eigenvalue weighted by Crippen LogP contribution is 2.40. The van der Waals surface area contributed by atoms with Crippen molar-refractivity contribution in [2.75, 3.05) is 0 Å². The number of para-hydroxylation sites is 2. The van der Waals surface area contributed by atoms with E-state index in [1.54, 1.807) is 6.92 Å². The molecule has 13 aromatic rings. The molecule has 6 heteroatoms. The van der Waals surface area contributed by atoms with Crippen molar-refractivity contribution in [1.29, 1.82) is 0 Å². The van der Waals surface area contributed by atoms with E-state index in [2.05, 4.69) is 198 Å². The van der Waals surface area contributed by atoms with Gasteiger partial charge in [-0.2, -0.15) is 0 Å². The maximum atomic E-state index is 12.3. The van der Waals surface area contributed by atoms with Crippen molar-refractivity contribution < 1.29 is 18.4 Å². The lowest BCUT2D eigenvalue weighted by Crippen LogP contribution is -2.04. The maximum Gasteiger partial charge on any atom is 0.333 e. The summed E-state index contributed by atoms with van der Waals surface area (Å²) < 4.78 is 23.2. The van der Waals surface area contributed by atoms with Gasteiger partial charge >= 0.3 is 5.97 Å². The second-order valence-electron chi connectivity index (χ2n) is 17.9. The second-order valence-corrected chi connectivity index (χ2v) is 17.9. The Morgan fingerprint density at radius 2 is 0.971 bits per heavy atom. The second kappa shape index (κ2) is 15.4. The number of hydrogen-bond acceptors (Lipinski definition) is 4. The number of hydrogen-bond donors (Lipinski definition) is 0. The minimum atomic E-state index is -0.401. The number of nitrogens with zero attached hydrogens (tertiary/aromatic N) is 2. The fourth-order valence-corrected chi connectivity index (χ4v) is 10.3. The van der Waals surface area contributed by atoms with Gasteiger partial charge in [0.1, 0.15) is 28.9 Å². The largest absolute Gasteiger partial charge is 0.457 e. The van der Waals surface area contributed by atoms with Crippen LogP contribution in [0.5, 0.6) is 0 Å². The van der Waals surface area contributed by atoms with Crippen LogP contribution in [0.25, 0.3) is 116 Å².